The molecule has 0 amide bonds. The van der Waals surface area contributed by atoms with Crippen molar-refractivity contribution in [3.63, 3.8) is 0 Å². The van der Waals surface area contributed by atoms with Crippen LogP contribution in [0, 0.1) is 11.6 Å². The molecule has 1 aliphatic heterocycles. The van der Waals surface area contributed by atoms with Crippen molar-refractivity contribution in [3.05, 3.63) is 35.7 Å². The first-order chi connectivity index (χ1) is 14.8. The van der Waals surface area contributed by atoms with Crippen LogP contribution in [0.4, 0.5) is 23.4 Å². The Morgan fingerprint density at radius 2 is 2.00 bits per heavy atom. The Morgan fingerprint density at radius 3 is 2.58 bits per heavy atom. The molecule has 3 aromatic heterocycles. The average Bonchev–Trinajstić information content (AvgIpc) is 3.50. The number of fused-ring (bicyclic) bond motifs is 1. The Labute approximate surface area is 175 Å². The van der Waals surface area contributed by atoms with Crippen molar-refractivity contribution in [2.75, 3.05) is 25.9 Å². The molecule has 31 heavy (non-hydrogen) atoms. The van der Waals surface area contributed by atoms with Gasteiger partial charge in [-0.05, 0) is 25.8 Å². The number of halogens is 4. The second-order valence-corrected chi connectivity index (χ2v) is 7.61. The van der Waals surface area contributed by atoms with Gasteiger partial charge in [0.25, 0.3) is 5.92 Å². The van der Waals surface area contributed by atoms with Crippen LogP contribution in [0.25, 0.3) is 17.0 Å². The number of imidazole rings is 1. The van der Waals surface area contributed by atoms with Gasteiger partial charge in [-0.3, -0.25) is 0 Å². The van der Waals surface area contributed by atoms with Crippen LogP contribution in [0.3, 0.4) is 0 Å². The average molecular weight is 438 g/mol. The molecule has 7 nitrogen and oxygen atoms in total. The fourth-order valence-electron chi connectivity index (χ4n) is 3.37. The van der Waals surface area contributed by atoms with E-state index in [4.69, 9.17) is 10.5 Å². The summed E-state index contributed by atoms with van der Waals surface area (Å²) in [6.45, 7) is 0.614. The maximum Gasteiger partial charge on any atom is 0.260 e. The molecule has 166 valence electrons. The molecular formula is C20H22F4N6O. The number of alkyl halides is 2. The van der Waals surface area contributed by atoms with Crippen molar-refractivity contribution in [2.45, 2.75) is 37.5 Å². The molecule has 2 aliphatic rings. The SMILES string of the molecule is COc1cc2ncc(-c3nc(N)c(F)cc3F)n2nc1C1CC1.FC1(F)CCCNC1. The summed E-state index contributed by atoms with van der Waals surface area (Å²) in [5.41, 5.74) is 6.97. The Balaban J connectivity index is 0.000000245. The highest BCUT2D eigenvalue weighted by atomic mass is 19.3. The number of ether oxygens (including phenoxy) is 1. The quantitative estimate of drug-likeness (QED) is 0.608. The lowest BCUT2D eigenvalue weighted by molar-refractivity contribution is -0.0208. The van der Waals surface area contributed by atoms with Gasteiger partial charge in [0, 0.05) is 24.5 Å². The first-order valence-electron chi connectivity index (χ1n) is 9.92. The van der Waals surface area contributed by atoms with Crippen LogP contribution in [-0.4, -0.2) is 45.7 Å². The smallest absolute Gasteiger partial charge is 0.260 e. The van der Waals surface area contributed by atoms with Gasteiger partial charge in [-0.2, -0.15) is 5.10 Å². The number of nitrogens with zero attached hydrogens (tertiary/aromatic N) is 4. The number of nitrogen functional groups attached to an aromatic ring is 1. The van der Waals surface area contributed by atoms with Crippen LogP contribution in [0.5, 0.6) is 5.75 Å². The first-order valence-corrected chi connectivity index (χ1v) is 9.92. The molecule has 2 fully saturated rings. The number of methoxy groups -OCH3 is 1. The fourth-order valence-corrected chi connectivity index (χ4v) is 3.37. The van der Waals surface area contributed by atoms with Crippen LogP contribution < -0.4 is 15.8 Å². The second-order valence-electron chi connectivity index (χ2n) is 7.61. The molecule has 0 bridgehead atoms. The first kappa shape index (κ1) is 21.3. The van der Waals surface area contributed by atoms with Crippen molar-refractivity contribution < 1.29 is 22.3 Å². The Hall–Kier alpha value is -2.95. The van der Waals surface area contributed by atoms with E-state index < -0.39 is 17.6 Å². The zero-order valence-electron chi connectivity index (χ0n) is 16.8. The molecule has 0 aromatic carbocycles. The maximum absolute atomic E-state index is 14.1. The van der Waals surface area contributed by atoms with Crippen LogP contribution in [0.2, 0.25) is 0 Å². The molecule has 1 saturated heterocycles. The molecule has 3 N–H and O–H groups in total. The van der Waals surface area contributed by atoms with Crippen LogP contribution in [0.1, 0.15) is 37.3 Å². The van der Waals surface area contributed by atoms with Crippen LogP contribution >= 0.6 is 0 Å². The summed E-state index contributed by atoms with van der Waals surface area (Å²) < 4.78 is 58.5. The standard InChI is InChI=1S/C15H13F2N5O.C5H9F2N/c1-23-11-5-12-19-6-10(22(12)21-13(11)7-2-3-7)14-8(16)4-9(17)15(18)20-14;6-5(7)2-1-3-8-4-5/h4-7H,2-3H2,1H3,(H2,18,20);8H,1-4H2. The molecule has 5 rings (SSSR count). The topological polar surface area (TPSA) is 90.4 Å². The van der Waals surface area contributed by atoms with E-state index in [1.165, 1.54) is 10.7 Å². The minimum absolute atomic E-state index is 0.0556. The molecule has 0 spiro atoms. The molecule has 4 heterocycles. The lowest BCUT2D eigenvalue weighted by Crippen LogP contribution is -2.38. The molecule has 1 saturated carbocycles. The van der Waals surface area contributed by atoms with E-state index in [-0.39, 0.29) is 24.5 Å². The highest BCUT2D eigenvalue weighted by Crippen LogP contribution is 2.43. The third-order valence-corrected chi connectivity index (χ3v) is 5.15. The van der Waals surface area contributed by atoms with Gasteiger partial charge in [0.15, 0.2) is 23.1 Å². The monoisotopic (exact) mass is 438 g/mol. The number of nitrogens with one attached hydrogen (secondary N) is 1. The van der Waals surface area contributed by atoms with Gasteiger partial charge < -0.3 is 15.8 Å². The largest absolute Gasteiger partial charge is 0.495 e. The number of nitrogens with two attached hydrogens (primary N) is 1. The number of hydrogen-bond donors (Lipinski definition) is 2. The van der Waals surface area contributed by atoms with Crippen molar-refractivity contribution in [1.82, 2.24) is 24.9 Å². The predicted molar refractivity (Wildman–Crippen MR) is 106 cm³/mol. The summed E-state index contributed by atoms with van der Waals surface area (Å²) in [5.74, 6) is -3.52. The highest BCUT2D eigenvalue weighted by Gasteiger charge is 2.31. The number of pyridine rings is 1. The van der Waals surface area contributed by atoms with Gasteiger partial charge in [0.05, 0.1) is 19.9 Å². The molecule has 0 unspecified atom stereocenters. The third-order valence-electron chi connectivity index (χ3n) is 5.15. The highest BCUT2D eigenvalue weighted by molar-refractivity contribution is 5.63. The van der Waals surface area contributed by atoms with Crippen LogP contribution in [-0.2, 0) is 0 Å². The van der Waals surface area contributed by atoms with Gasteiger partial charge in [-0.1, -0.05) is 0 Å². The Morgan fingerprint density at radius 1 is 1.23 bits per heavy atom. The molecular weight excluding hydrogens is 416 g/mol. The van der Waals surface area contributed by atoms with E-state index in [2.05, 4.69) is 20.4 Å². The Kier molecular flexibility index (Phi) is 5.69. The summed E-state index contributed by atoms with van der Waals surface area (Å²) in [5, 5.41) is 7.15. The van der Waals surface area contributed by atoms with Gasteiger partial charge in [-0.25, -0.2) is 32.0 Å². The summed E-state index contributed by atoms with van der Waals surface area (Å²) in [6, 6.07) is 2.46. The summed E-state index contributed by atoms with van der Waals surface area (Å²) in [6.07, 6.45) is 4.16. The van der Waals surface area contributed by atoms with Gasteiger partial charge >= 0.3 is 0 Å². The van der Waals surface area contributed by atoms with E-state index in [0.29, 0.717) is 35.5 Å². The number of piperidine rings is 1. The van der Waals surface area contributed by atoms with E-state index in [1.807, 2.05) is 0 Å². The molecule has 0 atom stereocenters. The predicted octanol–water partition coefficient (Wildman–Crippen LogP) is 3.54. The van der Waals surface area contributed by atoms with Crippen molar-refractivity contribution in [2.24, 2.45) is 0 Å². The summed E-state index contributed by atoms with van der Waals surface area (Å²) in [4.78, 5) is 7.99. The number of aromatic nitrogens is 4. The number of hydrogen-bond acceptors (Lipinski definition) is 6. The van der Waals surface area contributed by atoms with E-state index >= 15 is 0 Å². The van der Waals surface area contributed by atoms with Crippen molar-refractivity contribution in [1.29, 1.82) is 0 Å². The van der Waals surface area contributed by atoms with Gasteiger partial charge in [-0.15, -0.1) is 0 Å². The molecule has 0 radical (unpaired) electrons. The summed E-state index contributed by atoms with van der Waals surface area (Å²) in [7, 11) is 1.57. The minimum Gasteiger partial charge on any atom is -0.495 e. The maximum atomic E-state index is 14.1. The fraction of sp³-hybridized carbons (Fsp3) is 0.450. The van der Waals surface area contributed by atoms with E-state index in [1.54, 1.807) is 13.2 Å². The van der Waals surface area contributed by atoms with E-state index in [0.717, 1.165) is 25.1 Å². The number of anilines is 1. The van der Waals surface area contributed by atoms with Crippen molar-refractivity contribution in [3.8, 4) is 17.1 Å². The second kappa shape index (κ2) is 8.29. The molecule has 11 heteroatoms. The zero-order valence-corrected chi connectivity index (χ0v) is 16.8. The normalized spacial score (nSPS) is 17.8. The Bertz CT molecular complexity index is 1090. The summed E-state index contributed by atoms with van der Waals surface area (Å²) >= 11 is 0. The zero-order chi connectivity index (χ0) is 22.2. The molecule has 3 aromatic rings. The van der Waals surface area contributed by atoms with Crippen molar-refractivity contribution >= 4 is 11.5 Å². The number of rotatable bonds is 3. The van der Waals surface area contributed by atoms with Crippen LogP contribution in [0.15, 0.2) is 18.3 Å². The third kappa shape index (κ3) is 4.55. The van der Waals surface area contributed by atoms with Gasteiger partial charge in [0.1, 0.15) is 22.8 Å². The minimum atomic E-state index is -2.43. The lowest BCUT2D eigenvalue weighted by atomic mass is 10.1. The lowest BCUT2D eigenvalue weighted by Gasteiger charge is -2.21. The van der Waals surface area contributed by atoms with E-state index in [9.17, 15) is 17.6 Å². The van der Waals surface area contributed by atoms with Gasteiger partial charge in [0.2, 0.25) is 0 Å². The molecule has 1 aliphatic carbocycles.